The Morgan fingerprint density at radius 1 is 0.875 bits per heavy atom. The Morgan fingerprint density at radius 3 is 2.21 bits per heavy atom. The quantitative estimate of drug-likeness (QED) is 0.781. The average Bonchev–Trinajstić information content (AvgIpc) is 3.13. The van der Waals surface area contributed by atoms with Gasteiger partial charge >= 0.3 is 0 Å². The number of carbonyl (C=O) groups excluding carboxylic acids is 1. The highest BCUT2D eigenvalue weighted by Crippen LogP contribution is 2.13. The van der Waals surface area contributed by atoms with E-state index < -0.39 is 0 Å². The Hall–Kier alpha value is -1.39. The first-order valence-electron chi connectivity index (χ1n) is 9.63. The lowest BCUT2D eigenvalue weighted by Crippen LogP contribution is -2.29. The van der Waals surface area contributed by atoms with Crippen molar-refractivity contribution < 1.29 is 4.79 Å². The number of likely N-dealkylation sites (tertiary alicyclic amines) is 2. The van der Waals surface area contributed by atoms with Crippen LogP contribution in [0.3, 0.4) is 0 Å². The van der Waals surface area contributed by atoms with Gasteiger partial charge in [0, 0.05) is 18.7 Å². The van der Waals surface area contributed by atoms with Crippen LogP contribution in [0.1, 0.15) is 54.4 Å². The SMILES string of the molecule is O=C(NCCCN1CCCC1)c1ccc(CN2CCCCC2)cc1. The molecule has 24 heavy (non-hydrogen) atoms. The zero-order chi connectivity index (χ0) is 16.6. The monoisotopic (exact) mass is 329 g/mol. The minimum absolute atomic E-state index is 0.0564. The minimum atomic E-state index is 0.0564. The standard InChI is InChI=1S/C20H31N3O/c24-20(21-11-6-16-22-12-4-5-13-22)19-9-7-18(8-10-19)17-23-14-2-1-3-15-23/h7-10H,1-6,11-17H2,(H,21,24). The normalized spacial score (nSPS) is 19.5. The van der Waals surface area contributed by atoms with Gasteiger partial charge in [-0.3, -0.25) is 9.69 Å². The Balaban J connectivity index is 1.38. The van der Waals surface area contributed by atoms with Gasteiger partial charge in [-0.25, -0.2) is 0 Å². The first-order valence-corrected chi connectivity index (χ1v) is 9.63. The molecule has 1 aromatic rings. The fraction of sp³-hybridized carbons (Fsp3) is 0.650. The van der Waals surface area contributed by atoms with Crippen molar-refractivity contribution in [2.24, 2.45) is 0 Å². The van der Waals surface area contributed by atoms with Gasteiger partial charge in [-0.2, -0.15) is 0 Å². The van der Waals surface area contributed by atoms with Gasteiger partial charge < -0.3 is 10.2 Å². The summed E-state index contributed by atoms with van der Waals surface area (Å²) in [5.41, 5.74) is 2.08. The average molecular weight is 329 g/mol. The Morgan fingerprint density at radius 2 is 1.50 bits per heavy atom. The molecular weight excluding hydrogens is 298 g/mol. The lowest BCUT2D eigenvalue weighted by atomic mass is 10.1. The summed E-state index contributed by atoms with van der Waals surface area (Å²) in [6.07, 6.45) is 7.70. The van der Waals surface area contributed by atoms with Gasteiger partial charge in [0.05, 0.1) is 0 Å². The molecule has 0 unspecified atom stereocenters. The molecule has 0 saturated carbocycles. The highest BCUT2D eigenvalue weighted by molar-refractivity contribution is 5.94. The van der Waals surface area contributed by atoms with Crippen LogP contribution in [0.2, 0.25) is 0 Å². The van der Waals surface area contributed by atoms with E-state index in [-0.39, 0.29) is 5.91 Å². The second-order valence-electron chi connectivity index (χ2n) is 7.19. The van der Waals surface area contributed by atoms with Gasteiger partial charge in [-0.1, -0.05) is 18.6 Å². The maximum Gasteiger partial charge on any atom is 0.251 e. The van der Waals surface area contributed by atoms with E-state index in [1.54, 1.807) is 0 Å². The molecule has 0 radical (unpaired) electrons. The van der Waals surface area contributed by atoms with Crippen molar-refractivity contribution in [3.63, 3.8) is 0 Å². The molecule has 0 aromatic heterocycles. The Bertz CT molecular complexity index is 502. The maximum absolute atomic E-state index is 12.2. The summed E-state index contributed by atoms with van der Waals surface area (Å²) in [5.74, 6) is 0.0564. The number of rotatable bonds is 7. The van der Waals surface area contributed by atoms with Crippen LogP contribution in [-0.2, 0) is 6.54 Å². The van der Waals surface area contributed by atoms with Gasteiger partial charge in [0.15, 0.2) is 0 Å². The van der Waals surface area contributed by atoms with Gasteiger partial charge in [0.2, 0.25) is 0 Å². The molecule has 132 valence electrons. The zero-order valence-corrected chi connectivity index (χ0v) is 14.8. The molecule has 0 aliphatic carbocycles. The second kappa shape index (κ2) is 9.19. The van der Waals surface area contributed by atoms with Gasteiger partial charge in [-0.15, -0.1) is 0 Å². The van der Waals surface area contributed by atoms with Crippen molar-refractivity contribution in [1.29, 1.82) is 0 Å². The molecule has 0 atom stereocenters. The summed E-state index contributed by atoms with van der Waals surface area (Å²) in [6.45, 7) is 7.76. The zero-order valence-electron chi connectivity index (χ0n) is 14.8. The van der Waals surface area contributed by atoms with E-state index in [9.17, 15) is 4.79 Å². The van der Waals surface area contributed by atoms with Crippen LogP contribution in [0, 0.1) is 0 Å². The van der Waals surface area contributed by atoms with Crippen molar-refractivity contribution in [1.82, 2.24) is 15.1 Å². The molecule has 1 N–H and O–H groups in total. The summed E-state index contributed by atoms with van der Waals surface area (Å²) in [6, 6.07) is 8.14. The van der Waals surface area contributed by atoms with Crippen LogP contribution in [-0.4, -0.2) is 55.0 Å². The van der Waals surface area contributed by atoms with E-state index in [0.29, 0.717) is 0 Å². The van der Waals surface area contributed by atoms with E-state index in [4.69, 9.17) is 0 Å². The van der Waals surface area contributed by atoms with E-state index in [0.717, 1.165) is 31.6 Å². The van der Waals surface area contributed by atoms with E-state index >= 15 is 0 Å². The van der Waals surface area contributed by atoms with Crippen molar-refractivity contribution in [3.05, 3.63) is 35.4 Å². The number of hydrogen-bond acceptors (Lipinski definition) is 3. The largest absolute Gasteiger partial charge is 0.352 e. The fourth-order valence-corrected chi connectivity index (χ4v) is 3.75. The minimum Gasteiger partial charge on any atom is -0.352 e. The lowest BCUT2D eigenvalue weighted by Gasteiger charge is -2.26. The number of carbonyl (C=O) groups is 1. The first kappa shape index (κ1) is 17.4. The number of amides is 1. The Labute approximate surface area is 146 Å². The van der Waals surface area contributed by atoms with E-state index in [2.05, 4.69) is 27.2 Å². The van der Waals surface area contributed by atoms with Crippen LogP contribution in [0.15, 0.2) is 24.3 Å². The molecule has 2 aliphatic heterocycles. The number of nitrogens with zero attached hydrogens (tertiary/aromatic N) is 2. The van der Waals surface area contributed by atoms with Crippen LogP contribution >= 0.6 is 0 Å². The topological polar surface area (TPSA) is 35.6 Å². The number of benzene rings is 1. The molecule has 4 nitrogen and oxygen atoms in total. The summed E-state index contributed by atoms with van der Waals surface area (Å²) in [5, 5.41) is 3.05. The van der Waals surface area contributed by atoms with E-state index in [1.807, 2.05) is 12.1 Å². The third kappa shape index (κ3) is 5.32. The molecule has 2 heterocycles. The lowest BCUT2D eigenvalue weighted by molar-refractivity contribution is 0.0952. The third-order valence-electron chi connectivity index (χ3n) is 5.21. The molecule has 2 aliphatic rings. The molecule has 1 aromatic carbocycles. The number of nitrogens with one attached hydrogen (secondary N) is 1. The predicted molar refractivity (Wildman–Crippen MR) is 98.2 cm³/mol. The highest BCUT2D eigenvalue weighted by atomic mass is 16.1. The third-order valence-corrected chi connectivity index (χ3v) is 5.21. The Kier molecular flexibility index (Phi) is 6.67. The molecule has 4 heteroatoms. The van der Waals surface area contributed by atoms with Crippen LogP contribution in [0.25, 0.3) is 0 Å². The highest BCUT2D eigenvalue weighted by Gasteiger charge is 2.12. The molecule has 0 bridgehead atoms. The molecule has 3 rings (SSSR count). The summed E-state index contributed by atoms with van der Waals surface area (Å²) in [7, 11) is 0. The summed E-state index contributed by atoms with van der Waals surface area (Å²) < 4.78 is 0. The second-order valence-corrected chi connectivity index (χ2v) is 7.19. The van der Waals surface area contributed by atoms with Crippen molar-refractivity contribution in [3.8, 4) is 0 Å². The first-order chi connectivity index (χ1) is 11.8. The molecule has 2 fully saturated rings. The fourth-order valence-electron chi connectivity index (χ4n) is 3.75. The maximum atomic E-state index is 12.2. The smallest absolute Gasteiger partial charge is 0.251 e. The van der Waals surface area contributed by atoms with Crippen molar-refractivity contribution in [2.75, 3.05) is 39.3 Å². The van der Waals surface area contributed by atoms with Crippen LogP contribution < -0.4 is 5.32 Å². The van der Waals surface area contributed by atoms with Gasteiger partial charge in [0.1, 0.15) is 0 Å². The number of hydrogen-bond donors (Lipinski definition) is 1. The number of piperidine rings is 1. The summed E-state index contributed by atoms with van der Waals surface area (Å²) >= 11 is 0. The molecule has 0 spiro atoms. The molecule has 2 saturated heterocycles. The predicted octanol–water partition coefficient (Wildman–Crippen LogP) is 2.89. The molecular formula is C20H31N3O. The van der Waals surface area contributed by atoms with Gasteiger partial charge in [-0.05, 0) is 82.5 Å². The van der Waals surface area contributed by atoms with Crippen molar-refractivity contribution in [2.45, 2.75) is 45.1 Å². The summed E-state index contributed by atoms with van der Waals surface area (Å²) in [4.78, 5) is 17.2. The molecule has 1 amide bonds. The van der Waals surface area contributed by atoms with Crippen LogP contribution in [0.4, 0.5) is 0 Å². The van der Waals surface area contributed by atoms with E-state index in [1.165, 1.54) is 63.8 Å². The van der Waals surface area contributed by atoms with Crippen LogP contribution in [0.5, 0.6) is 0 Å². The van der Waals surface area contributed by atoms with Crippen molar-refractivity contribution >= 4 is 5.91 Å². The van der Waals surface area contributed by atoms with Gasteiger partial charge in [0.25, 0.3) is 5.91 Å².